The molecule has 7 heteroatoms. The van der Waals surface area contributed by atoms with Crippen LogP contribution in [0.4, 0.5) is 11.4 Å². The van der Waals surface area contributed by atoms with Crippen molar-refractivity contribution in [1.29, 1.82) is 0 Å². The Morgan fingerprint density at radius 1 is 1.08 bits per heavy atom. The van der Waals surface area contributed by atoms with Crippen LogP contribution in [0.15, 0.2) is 40.6 Å². The van der Waals surface area contributed by atoms with Gasteiger partial charge < -0.3 is 9.80 Å². The molecule has 2 heterocycles. The number of likely N-dealkylation sites (N-methyl/N-ethyl adjacent to an activating group) is 1. The Morgan fingerprint density at radius 2 is 1.80 bits per heavy atom. The maximum Gasteiger partial charge on any atom is 0.273 e. The molecule has 0 unspecified atom stereocenters. The van der Waals surface area contributed by atoms with Gasteiger partial charge in [0, 0.05) is 24.5 Å². The number of nitrogens with zero attached hydrogens (tertiary/aromatic N) is 3. The number of fused-ring (bicyclic) bond motifs is 1. The van der Waals surface area contributed by atoms with E-state index < -0.39 is 10.0 Å². The van der Waals surface area contributed by atoms with E-state index in [-0.39, 0.29) is 0 Å². The van der Waals surface area contributed by atoms with Gasteiger partial charge in [-0.15, -0.1) is 11.3 Å². The molecule has 5 nitrogen and oxygen atoms in total. The van der Waals surface area contributed by atoms with Gasteiger partial charge in [0.05, 0.1) is 17.9 Å². The smallest absolute Gasteiger partial charge is 0.273 e. The highest BCUT2D eigenvalue weighted by atomic mass is 32.2. The second-order valence-electron chi connectivity index (χ2n) is 6.43. The standard InChI is InChI=1S/C18H25N3O2S2/c1-4-15-9-10-18(24-15)25(22,23)21-14-13-20(12-11-19(2)3)16-7-5-6-8-17(16)21/h5-10H,4,11-14H2,1-3H3. The second kappa shape index (κ2) is 7.35. The summed E-state index contributed by atoms with van der Waals surface area (Å²) in [6.45, 7) is 5.05. The minimum Gasteiger partial charge on any atom is -0.367 e. The molecule has 0 spiro atoms. The van der Waals surface area contributed by atoms with E-state index >= 15 is 0 Å². The predicted octanol–water partition coefficient (Wildman–Crippen LogP) is 2.89. The van der Waals surface area contributed by atoms with Gasteiger partial charge in [0.1, 0.15) is 4.21 Å². The fourth-order valence-electron chi connectivity index (χ4n) is 2.99. The van der Waals surface area contributed by atoms with Crippen molar-refractivity contribution in [2.24, 2.45) is 0 Å². The first-order valence-corrected chi connectivity index (χ1v) is 10.8. The topological polar surface area (TPSA) is 43.9 Å². The predicted molar refractivity (Wildman–Crippen MR) is 105 cm³/mol. The minimum atomic E-state index is -3.50. The number of thiophene rings is 1. The molecule has 1 aliphatic heterocycles. The molecule has 0 bridgehead atoms. The number of anilines is 2. The van der Waals surface area contributed by atoms with Gasteiger partial charge in [-0.3, -0.25) is 4.31 Å². The molecule has 0 saturated heterocycles. The summed E-state index contributed by atoms with van der Waals surface area (Å²) in [6.07, 6.45) is 0.856. The quantitative estimate of drug-likeness (QED) is 0.774. The molecule has 0 aliphatic carbocycles. The van der Waals surface area contributed by atoms with Crippen LogP contribution in [0.2, 0.25) is 0 Å². The number of rotatable bonds is 6. The number of hydrogen-bond acceptors (Lipinski definition) is 5. The van der Waals surface area contributed by atoms with Crippen molar-refractivity contribution in [3.63, 3.8) is 0 Å². The Morgan fingerprint density at radius 3 is 2.44 bits per heavy atom. The first kappa shape index (κ1) is 18.2. The van der Waals surface area contributed by atoms with Crippen molar-refractivity contribution < 1.29 is 8.42 Å². The number of para-hydroxylation sites is 2. The van der Waals surface area contributed by atoms with E-state index in [1.165, 1.54) is 11.3 Å². The molecule has 0 atom stereocenters. The lowest BCUT2D eigenvalue weighted by atomic mass is 10.2. The zero-order valence-corrected chi connectivity index (χ0v) is 16.6. The Bertz CT molecular complexity index is 830. The summed E-state index contributed by atoms with van der Waals surface area (Å²) < 4.78 is 28.3. The molecule has 3 rings (SSSR count). The fraction of sp³-hybridized carbons (Fsp3) is 0.444. The number of hydrogen-bond donors (Lipinski definition) is 0. The van der Waals surface area contributed by atoms with Crippen molar-refractivity contribution in [2.45, 2.75) is 17.6 Å². The molecule has 0 saturated carbocycles. The van der Waals surface area contributed by atoms with E-state index in [0.29, 0.717) is 17.3 Å². The molecular weight excluding hydrogens is 354 g/mol. The number of sulfonamides is 1. The van der Waals surface area contributed by atoms with Crippen LogP contribution in [0, 0.1) is 0 Å². The zero-order chi connectivity index (χ0) is 18.0. The minimum absolute atomic E-state index is 0.431. The van der Waals surface area contributed by atoms with Crippen LogP contribution in [-0.4, -0.2) is 53.6 Å². The van der Waals surface area contributed by atoms with E-state index in [2.05, 4.69) is 23.9 Å². The molecule has 136 valence electrons. The van der Waals surface area contributed by atoms with Gasteiger partial charge in [-0.05, 0) is 44.8 Å². The zero-order valence-electron chi connectivity index (χ0n) is 15.0. The summed E-state index contributed by atoms with van der Waals surface area (Å²) in [7, 11) is 0.596. The molecule has 1 aromatic carbocycles. The van der Waals surface area contributed by atoms with E-state index in [9.17, 15) is 8.42 Å². The Kier molecular flexibility index (Phi) is 5.36. The van der Waals surface area contributed by atoms with E-state index in [1.54, 1.807) is 10.4 Å². The lowest BCUT2D eigenvalue weighted by molar-refractivity contribution is 0.413. The van der Waals surface area contributed by atoms with E-state index in [0.717, 1.165) is 35.8 Å². The Balaban J connectivity index is 1.93. The summed E-state index contributed by atoms with van der Waals surface area (Å²) in [6, 6.07) is 11.4. The van der Waals surface area contributed by atoms with Crippen molar-refractivity contribution in [3.05, 3.63) is 41.3 Å². The monoisotopic (exact) mass is 379 g/mol. The van der Waals surface area contributed by atoms with Gasteiger partial charge in [0.25, 0.3) is 10.0 Å². The molecule has 0 N–H and O–H groups in total. The van der Waals surface area contributed by atoms with E-state index in [1.807, 2.05) is 37.3 Å². The summed E-state index contributed by atoms with van der Waals surface area (Å²) in [4.78, 5) is 5.51. The van der Waals surface area contributed by atoms with E-state index in [4.69, 9.17) is 0 Å². The van der Waals surface area contributed by atoms with Crippen molar-refractivity contribution in [2.75, 3.05) is 49.5 Å². The maximum absolute atomic E-state index is 13.2. The van der Waals surface area contributed by atoms with Crippen molar-refractivity contribution in [3.8, 4) is 0 Å². The average Bonchev–Trinajstić information content (AvgIpc) is 3.09. The molecule has 0 fully saturated rings. The number of aryl methyl sites for hydroxylation is 1. The van der Waals surface area contributed by atoms with Gasteiger partial charge in [0.15, 0.2) is 0 Å². The highest BCUT2D eigenvalue weighted by Gasteiger charge is 2.32. The molecule has 1 aromatic heterocycles. The lowest BCUT2D eigenvalue weighted by Gasteiger charge is -2.38. The summed E-state index contributed by atoms with van der Waals surface area (Å²) in [5.41, 5.74) is 1.77. The Hall–Kier alpha value is -1.57. The molecular formula is C18H25N3O2S2. The van der Waals surface area contributed by atoms with Crippen LogP contribution in [0.25, 0.3) is 0 Å². The SMILES string of the molecule is CCc1ccc(S(=O)(=O)N2CCN(CCN(C)C)c3ccccc32)s1. The Labute approximate surface area is 154 Å². The first-order valence-electron chi connectivity index (χ1n) is 8.53. The highest BCUT2D eigenvalue weighted by Crippen LogP contribution is 2.37. The summed E-state index contributed by atoms with van der Waals surface area (Å²) in [5.74, 6) is 0. The van der Waals surface area contributed by atoms with Crippen LogP contribution in [-0.2, 0) is 16.4 Å². The molecule has 25 heavy (non-hydrogen) atoms. The lowest BCUT2D eigenvalue weighted by Crippen LogP contribution is -2.45. The molecule has 0 amide bonds. The fourth-order valence-corrected chi connectivity index (χ4v) is 5.87. The van der Waals surface area contributed by atoms with Gasteiger partial charge in [-0.1, -0.05) is 19.1 Å². The van der Waals surface area contributed by atoms with Gasteiger partial charge in [-0.25, -0.2) is 8.42 Å². The third kappa shape index (κ3) is 3.68. The molecule has 2 aromatic rings. The maximum atomic E-state index is 13.2. The van der Waals surface area contributed by atoms with Crippen LogP contribution in [0.3, 0.4) is 0 Å². The van der Waals surface area contributed by atoms with Gasteiger partial charge in [0.2, 0.25) is 0 Å². The van der Waals surface area contributed by atoms with Crippen LogP contribution in [0.5, 0.6) is 0 Å². The van der Waals surface area contributed by atoms with Crippen molar-refractivity contribution in [1.82, 2.24) is 4.90 Å². The highest BCUT2D eigenvalue weighted by molar-refractivity contribution is 7.94. The van der Waals surface area contributed by atoms with Crippen molar-refractivity contribution >= 4 is 32.7 Å². The molecule has 1 aliphatic rings. The van der Waals surface area contributed by atoms with Crippen LogP contribution >= 0.6 is 11.3 Å². The third-order valence-electron chi connectivity index (χ3n) is 4.41. The second-order valence-corrected chi connectivity index (χ2v) is 9.69. The summed E-state index contributed by atoms with van der Waals surface area (Å²) >= 11 is 1.37. The van der Waals surface area contributed by atoms with Crippen LogP contribution < -0.4 is 9.21 Å². The number of benzene rings is 1. The third-order valence-corrected chi connectivity index (χ3v) is 7.92. The molecule has 0 radical (unpaired) electrons. The van der Waals surface area contributed by atoms with Crippen LogP contribution in [0.1, 0.15) is 11.8 Å². The average molecular weight is 380 g/mol. The normalized spacial score (nSPS) is 14.9. The van der Waals surface area contributed by atoms with Gasteiger partial charge >= 0.3 is 0 Å². The summed E-state index contributed by atoms with van der Waals surface area (Å²) in [5, 5.41) is 0. The van der Waals surface area contributed by atoms with Gasteiger partial charge in [-0.2, -0.15) is 0 Å². The largest absolute Gasteiger partial charge is 0.367 e. The first-order chi connectivity index (χ1) is 11.9.